The first-order valence-electron chi connectivity index (χ1n) is 8.75. The molecule has 5 heteroatoms. The van der Waals surface area contributed by atoms with Crippen molar-refractivity contribution in [2.45, 2.75) is 64.5 Å². The van der Waals surface area contributed by atoms with Crippen molar-refractivity contribution in [3.63, 3.8) is 0 Å². The van der Waals surface area contributed by atoms with Gasteiger partial charge in [0, 0.05) is 57.0 Å². The van der Waals surface area contributed by atoms with Gasteiger partial charge in [0.1, 0.15) is 0 Å². The van der Waals surface area contributed by atoms with Crippen LogP contribution in [-0.2, 0) is 9.59 Å². The standard InChI is InChI=1S/C18H33N3O2/c1-17(2)9-13(10-18(3,4)19-17)7-15(22)20(5)11-14-8-16(23)21(6)12-14/h13-14,19H,7-12H2,1-6H3. The van der Waals surface area contributed by atoms with Crippen LogP contribution in [0.4, 0.5) is 0 Å². The summed E-state index contributed by atoms with van der Waals surface area (Å²) in [6, 6.07) is 0. The Bertz CT molecular complexity index is 457. The van der Waals surface area contributed by atoms with Gasteiger partial charge < -0.3 is 15.1 Å². The highest BCUT2D eigenvalue weighted by atomic mass is 16.2. The first-order chi connectivity index (χ1) is 10.5. The first-order valence-corrected chi connectivity index (χ1v) is 8.75. The molecule has 0 aromatic heterocycles. The Balaban J connectivity index is 1.87. The highest BCUT2D eigenvalue weighted by Crippen LogP contribution is 2.35. The van der Waals surface area contributed by atoms with E-state index >= 15 is 0 Å². The van der Waals surface area contributed by atoms with Crippen molar-refractivity contribution in [1.82, 2.24) is 15.1 Å². The predicted octanol–water partition coefficient (Wildman–Crippen LogP) is 1.87. The van der Waals surface area contributed by atoms with Gasteiger partial charge in [-0.3, -0.25) is 9.59 Å². The Morgan fingerprint density at radius 1 is 1.22 bits per heavy atom. The minimum Gasteiger partial charge on any atom is -0.345 e. The lowest BCUT2D eigenvalue weighted by atomic mass is 9.74. The van der Waals surface area contributed by atoms with E-state index in [1.807, 2.05) is 19.0 Å². The molecule has 2 fully saturated rings. The van der Waals surface area contributed by atoms with Crippen LogP contribution in [0.1, 0.15) is 53.4 Å². The van der Waals surface area contributed by atoms with Crippen LogP contribution in [0.3, 0.4) is 0 Å². The summed E-state index contributed by atoms with van der Waals surface area (Å²) < 4.78 is 0. The molecule has 0 aromatic carbocycles. The van der Waals surface area contributed by atoms with Gasteiger partial charge in [-0.15, -0.1) is 0 Å². The van der Waals surface area contributed by atoms with E-state index < -0.39 is 0 Å². The number of nitrogens with zero attached hydrogens (tertiary/aromatic N) is 2. The molecule has 0 saturated carbocycles. The van der Waals surface area contributed by atoms with Crippen LogP contribution in [0.15, 0.2) is 0 Å². The highest BCUT2D eigenvalue weighted by Gasteiger charge is 2.38. The van der Waals surface area contributed by atoms with Crippen molar-refractivity contribution in [3.05, 3.63) is 0 Å². The lowest BCUT2D eigenvalue weighted by Gasteiger charge is -2.46. The van der Waals surface area contributed by atoms with Crippen LogP contribution in [0.25, 0.3) is 0 Å². The molecule has 132 valence electrons. The number of carbonyl (C=O) groups excluding carboxylic acids is 2. The normalized spacial score (nSPS) is 27.3. The van der Waals surface area contributed by atoms with Crippen LogP contribution in [-0.4, -0.2) is 59.9 Å². The Hall–Kier alpha value is -1.10. The van der Waals surface area contributed by atoms with E-state index in [9.17, 15) is 9.59 Å². The van der Waals surface area contributed by atoms with E-state index in [1.54, 1.807) is 4.90 Å². The summed E-state index contributed by atoms with van der Waals surface area (Å²) in [5.41, 5.74) is 0.150. The number of piperidine rings is 1. The molecule has 2 heterocycles. The third-order valence-corrected chi connectivity index (χ3v) is 5.12. The maximum Gasteiger partial charge on any atom is 0.222 e. The molecule has 0 bridgehead atoms. The van der Waals surface area contributed by atoms with Gasteiger partial charge >= 0.3 is 0 Å². The molecule has 1 unspecified atom stereocenters. The molecule has 23 heavy (non-hydrogen) atoms. The minimum atomic E-state index is 0.0752. The van der Waals surface area contributed by atoms with Crippen LogP contribution in [0.2, 0.25) is 0 Å². The van der Waals surface area contributed by atoms with Crippen molar-refractivity contribution in [1.29, 1.82) is 0 Å². The molecule has 2 saturated heterocycles. The van der Waals surface area contributed by atoms with E-state index in [-0.39, 0.29) is 28.8 Å². The van der Waals surface area contributed by atoms with Crippen LogP contribution in [0, 0.1) is 11.8 Å². The summed E-state index contributed by atoms with van der Waals surface area (Å²) >= 11 is 0. The summed E-state index contributed by atoms with van der Waals surface area (Å²) in [6.45, 7) is 10.3. The Kier molecular flexibility index (Phi) is 5.09. The number of carbonyl (C=O) groups is 2. The minimum absolute atomic E-state index is 0.0752. The molecule has 0 aliphatic carbocycles. The van der Waals surface area contributed by atoms with Crippen LogP contribution >= 0.6 is 0 Å². The molecular weight excluding hydrogens is 290 g/mol. The fourth-order valence-electron chi connectivity index (χ4n) is 4.65. The smallest absolute Gasteiger partial charge is 0.222 e. The second-order valence-electron chi connectivity index (χ2n) is 8.99. The Morgan fingerprint density at radius 2 is 1.78 bits per heavy atom. The lowest BCUT2D eigenvalue weighted by Crippen LogP contribution is -2.58. The molecule has 0 aromatic rings. The maximum atomic E-state index is 12.6. The molecule has 1 N–H and O–H groups in total. The van der Waals surface area contributed by atoms with Gasteiger partial charge in [-0.1, -0.05) is 0 Å². The van der Waals surface area contributed by atoms with Crippen LogP contribution in [0.5, 0.6) is 0 Å². The van der Waals surface area contributed by atoms with Gasteiger partial charge in [-0.2, -0.15) is 0 Å². The molecule has 1 atom stereocenters. The summed E-state index contributed by atoms with van der Waals surface area (Å²) in [5.74, 6) is 1.11. The van der Waals surface area contributed by atoms with Crippen molar-refractivity contribution in [2.24, 2.45) is 11.8 Å². The molecule has 0 radical (unpaired) electrons. The summed E-state index contributed by atoms with van der Waals surface area (Å²) in [6.07, 6.45) is 3.24. The first kappa shape index (κ1) is 18.2. The molecular formula is C18H33N3O2. The average Bonchev–Trinajstić information content (AvgIpc) is 2.63. The fourth-order valence-corrected chi connectivity index (χ4v) is 4.65. The van der Waals surface area contributed by atoms with E-state index in [2.05, 4.69) is 33.0 Å². The monoisotopic (exact) mass is 323 g/mol. The molecule has 5 nitrogen and oxygen atoms in total. The third-order valence-electron chi connectivity index (χ3n) is 5.12. The fraction of sp³-hybridized carbons (Fsp3) is 0.889. The third kappa shape index (κ3) is 4.93. The van der Waals surface area contributed by atoms with Gasteiger partial charge in [0.05, 0.1) is 0 Å². The van der Waals surface area contributed by atoms with Gasteiger partial charge in [-0.25, -0.2) is 0 Å². The van der Waals surface area contributed by atoms with Crippen molar-refractivity contribution in [2.75, 3.05) is 27.2 Å². The number of amides is 2. The topological polar surface area (TPSA) is 52.6 Å². The van der Waals surface area contributed by atoms with Gasteiger partial charge in [0.15, 0.2) is 0 Å². The van der Waals surface area contributed by atoms with Crippen molar-refractivity contribution >= 4 is 11.8 Å². The molecule has 2 rings (SSSR count). The number of likely N-dealkylation sites (tertiary alicyclic amines) is 1. The molecule has 0 spiro atoms. The zero-order valence-electron chi connectivity index (χ0n) is 15.6. The Labute approximate surface area is 140 Å². The number of rotatable bonds is 4. The Morgan fingerprint density at radius 3 is 2.26 bits per heavy atom. The number of hydrogen-bond acceptors (Lipinski definition) is 3. The zero-order chi connectivity index (χ0) is 17.4. The number of hydrogen-bond donors (Lipinski definition) is 1. The highest BCUT2D eigenvalue weighted by molar-refractivity contribution is 5.79. The SMILES string of the molecule is CN1CC(CN(C)C(=O)CC2CC(C)(C)NC(C)(C)C2)CC1=O. The number of nitrogens with one attached hydrogen (secondary N) is 1. The van der Waals surface area contributed by atoms with E-state index in [0.29, 0.717) is 25.3 Å². The molecule has 2 aliphatic heterocycles. The van der Waals surface area contributed by atoms with Gasteiger partial charge in [-0.05, 0) is 46.5 Å². The summed E-state index contributed by atoms with van der Waals surface area (Å²) in [5, 5.41) is 3.66. The van der Waals surface area contributed by atoms with Gasteiger partial charge in [0.2, 0.25) is 11.8 Å². The second kappa shape index (κ2) is 6.42. The van der Waals surface area contributed by atoms with Crippen molar-refractivity contribution in [3.8, 4) is 0 Å². The van der Waals surface area contributed by atoms with Gasteiger partial charge in [0.25, 0.3) is 0 Å². The second-order valence-corrected chi connectivity index (χ2v) is 8.99. The molecule has 2 aliphatic rings. The quantitative estimate of drug-likeness (QED) is 0.859. The largest absolute Gasteiger partial charge is 0.345 e. The lowest BCUT2D eigenvalue weighted by molar-refractivity contribution is -0.132. The average molecular weight is 323 g/mol. The van der Waals surface area contributed by atoms with Crippen molar-refractivity contribution < 1.29 is 9.59 Å². The summed E-state index contributed by atoms with van der Waals surface area (Å²) in [4.78, 5) is 27.8. The summed E-state index contributed by atoms with van der Waals surface area (Å²) in [7, 11) is 3.71. The molecule has 2 amide bonds. The van der Waals surface area contributed by atoms with Crippen LogP contribution < -0.4 is 5.32 Å². The predicted molar refractivity (Wildman–Crippen MR) is 92.0 cm³/mol. The maximum absolute atomic E-state index is 12.6. The van der Waals surface area contributed by atoms with E-state index in [4.69, 9.17) is 0 Å². The zero-order valence-corrected chi connectivity index (χ0v) is 15.6. The van der Waals surface area contributed by atoms with E-state index in [1.165, 1.54) is 0 Å². The van der Waals surface area contributed by atoms with E-state index in [0.717, 1.165) is 19.4 Å².